The molecule has 0 aliphatic heterocycles. The molecule has 3 heteroatoms. The van der Waals surface area contributed by atoms with Gasteiger partial charge in [-0.05, 0) is 24.5 Å². The highest BCUT2D eigenvalue weighted by atomic mass is 16.5. The third-order valence-electron chi connectivity index (χ3n) is 3.84. The van der Waals surface area contributed by atoms with Gasteiger partial charge < -0.3 is 9.47 Å². The standard InChI is InChI=1S/C22H26O3/c1-18(24-17-20-12-5-3-6-13-20)11-9-10-16-22(25-19(2)23)21-14-7-4-8-15-21/h3-10,12-15,18,22H,11,16-17H2,1-2H3/b10-9-/t18-,22+/m1/s1. The molecule has 0 amide bonds. The zero-order chi connectivity index (χ0) is 17.9. The average molecular weight is 338 g/mol. The van der Waals surface area contributed by atoms with Crippen LogP contribution in [-0.2, 0) is 20.9 Å². The van der Waals surface area contributed by atoms with Crippen molar-refractivity contribution in [3.05, 3.63) is 83.9 Å². The Kier molecular flexibility index (Phi) is 7.93. The van der Waals surface area contributed by atoms with E-state index in [0.717, 1.165) is 12.0 Å². The van der Waals surface area contributed by atoms with Gasteiger partial charge in [-0.2, -0.15) is 0 Å². The fourth-order valence-corrected chi connectivity index (χ4v) is 2.51. The van der Waals surface area contributed by atoms with Crippen LogP contribution < -0.4 is 0 Å². The van der Waals surface area contributed by atoms with Gasteiger partial charge in [-0.15, -0.1) is 0 Å². The fraction of sp³-hybridized carbons (Fsp3) is 0.318. The van der Waals surface area contributed by atoms with E-state index in [1.165, 1.54) is 12.5 Å². The second kappa shape index (κ2) is 10.5. The summed E-state index contributed by atoms with van der Waals surface area (Å²) >= 11 is 0. The highest BCUT2D eigenvalue weighted by Crippen LogP contribution is 2.22. The molecule has 2 aromatic carbocycles. The van der Waals surface area contributed by atoms with Crippen LogP contribution in [0.5, 0.6) is 0 Å². The highest BCUT2D eigenvalue weighted by Gasteiger charge is 2.12. The summed E-state index contributed by atoms with van der Waals surface area (Å²) in [6.45, 7) is 4.13. The van der Waals surface area contributed by atoms with Gasteiger partial charge in [0.15, 0.2) is 0 Å². The number of rotatable bonds is 9. The summed E-state index contributed by atoms with van der Waals surface area (Å²) in [6, 6.07) is 20.0. The molecular formula is C22H26O3. The van der Waals surface area contributed by atoms with E-state index in [0.29, 0.717) is 13.0 Å². The monoisotopic (exact) mass is 338 g/mol. The molecule has 0 fully saturated rings. The number of carbonyl (C=O) groups excluding carboxylic acids is 1. The Labute approximate surface area is 150 Å². The molecule has 0 aromatic heterocycles. The van der Waals surface area contributed by atoms with Crippen LogP contribution in [0.3, 0.4) is 0 Å². The predicted octanol–water partition coefficient (Wildman–Crippen LogP) is 5.23. The minimum atomic E-state index is -0.262. The molecule has 0 aliphatic carbocycles. The lowest BCUT2D eigenvalue weighted by Crippen LogP contribution is -2.08. The van der Waals surface area contributed by atoms with Crippen LogP contribution >= 0.6 is 0 Å². The molecule has 0 saturated heterocycles. The smallest absolute Gasteiger partial charge is 0.303 e. The lowest BCUT2D eigenvalue weighted by Gasteiger charge is -2.16. The number of hydrogen-bond acceptors (Lipinski definition) is 3. The minimum absolute atomic E-state index is 0.139. The Morgan fingerprint density at radius 3 is 2.20 bits per heavy atom. The molecule has 0 heterocycles. The summed E-state index contributed by atoms with van der Waals surface area (Å²) in [5, 5.41) is 0. The van der Waals surface area contributed by atoms with E-state index in [4.69, 9.17) is 9.47 Å². The molecule has 132 valence electrons. The van der Waals surface area contributed by atoms with E-state index >= 15 is 0 Å². The third kappa shape index (κ3) is 7.36. The molecule has 3 nitrogen and oxygen atoms in total. The Balaban J connectivity index is 1.78. The molecule has 2 atom stereocenters. The van der Waals surface area contributed by atoms with Crippen molar-refractivity contribution >= 4 is 5.97 Å². The van der Waals surface area contributed by atoms with Crippen molar-refractivity contribution in [1.82, 2.24) is 0 Å². The number of hydrogen-bond donors (Lipinski definition) is 0. The van der Waals surface area contributed by atoms with Crippen LogP contribution in [0.15, 0.2) is 72.8 Å². The maximum atomic E-state index is 11.3. The Morgan fingerprint density at radius 2 is 1.56 bits per heavy atom. The van der Waals surface area contributed by atoms with Crippen LogP contribution in [0.4, 0.5) is 0 Å². The van der Waals surface area contributed by atoms with Crippen molar-refractivity contribution in [2.24, 2.45) is 0 Å². The van der Waals surface area contributed by atoms with Crippen molar-refractivity contribution < 1.29 is 14.3 Å². The first-order valence-electron chi connectivity index (χ1n) is 8.68. The van der Waals surface area contributed by atoms with E-state index in [9.17, 15) is 4.79 Å². The van der Waals surface area contributed by atoms with Crippen molar-refractivity contribution in [2.45, 2.75) is 45.5 Å². The molecule has 0 bridgehead atoms. The fourth-order valence-electron chi connectivity index (χ4n) is 2.51. The van der Waals surface area contributed by atoms with Crippen LogP contribution in [-0.4, -0.2) is 12.1 Å². The van der Waals surface area contributed by atoms with Gasteiger partial charge in [-0.3, -0.25) is 4.79 Å². The summed E-state index contributed by atoms with van der Waals surface area (Å²) < 4.78 is 11.3. The molecule has 0 radical (unpaired) electrons. The SMILES string of the molecule is CC(=O)O[C@@H](C/C=C\C[C@@H](C)OCc1ccccc1)c1ccccc1. The first-order chi connectivity index (χ1) is 12.1. The van der Waals surface area contributed by atoms with E-state index in [1.807, 2.05) is 48.5 Å². The second-order valence-electron chi connectivity index (χ2n) is 6.06. The van der Waals surface area contributed by atoms with E-state index < -0.39 is 0 Å². The number of benzene rings is 2. The van der Waals surface area contributed by atoms with Gasteiger partial charge >= 0.3 is 5.97 Å². The zero-order valence-corrected chi connectivity index (χ0v) is 14.9. The maximum Gasteiger partial charge on any atom is 0.303 e. The summed E-state index contributed by atoms with van der Waals surface area (Å²) in [5.41, 5.74) is 2.19. The second-order valence-corrected chi connectivity index (χ2v) is 6.06. The van der Waals surface area contributed by atoms with E-state index in [2.05, 4.69) is 31.2 Å². The van der Waals surface area contributed by atoms with Gasteiger partial charge in [0.25, 0.3) is 0 Å². The van der Waals surface area contributed by atoms with Gasteiger partial charge in [0.1, 0.15) is 6.10 Å². The van der Waals surface area contributed by atoms with Gasteiger partial charge in [-0.1, -0.05) is 72.8 Å². The zero-order valence-electron chi connectivity index (χ0n) is 14.9. The van der Waals surface area contributed by atoms with E-state index in [-0.39, 0.29) is 18.2 Å². The average Bonchev–Trinajstić information content (AvgIpc) is 2.64. The molecule has 2 aromatic rings. The van der Waals surface area contributed by atoms with Crippen LogP contribution in [0.2, 0.25) is 0 Å². The van der Waals surface area contributed by atoms with Gasteiger partial charge in [0.2, 0.25) is 0 Å². The molecule has 25 heavy (non-hydrogen) atoms. The van der Waals surface area contributed by atoms with E-state index in [1.54, 1.807) is 0 Å². The van der Waals surface area contributed by atoms with Crippen LogP contribution in [0, 0.1) is 0 Å². The Hall–Kier alpha value is -2.39. The lowest BCUT2D eigenvalue weighted by atomic mass is 10.1. The largest absolute Gasteiger partial charge is 0.457 e. The summed E-state index contributed by atoms with van der Waals surface area (Å²) in [4.78, 5) is 11.3. The maximum absolute atomic E-state index is 11.3. The quantitative estimate of drug-likeness (QED) is 0.464. The van der Waals surface area contributed by atoms with Crippen molar-refractivity contribution in [1.29, 1.82) is 0 Å². The molecule has 0 N–H and O–H groups in total. The molecule has 0 saturated carbocycles. The molecule has 2 rings (SSSR count). The first kappa shape index (κ1) is 18.9. The summed E-state index contributed by atoms with van der Waals surface area (Å²) in [7, 11) is 0. The predicted molar refractivity (Wildman–Crippen MR) is 100 cm³/mol. The highest BCUT2D eigenvalue weighted by molar-refractivity contribution is 5.66. The molecule has 0 spiro atoms. The normalized spacial score (nSPS) is 13.5. The van der Waals surface area contributed by atoms with Crippen LogP contribution in [0.25, 0.3) is 0 Å². The Bertz CT molecular complexity index is 649. The molecule has 0 unspecified atom stereocenters. The number of ether oxygens (including phenoxy) is 2. The molecular weight excluding hydrogens is 312 g/mol. The van der Waals surface area contributed by atoms with Gasteiger partial charge in [0.05, 0.1) is 12.7 Å². The number of carbonyl (C=O) groups is 1. The lowest BCUT2D eigenvalue weighted by molar-refractivity contribution is -0.146. The van der Waals surface area contributed by atoms with Crippen molar-refractivity contribution in [3.63, 3.8) is 0 Å². The van der Waals surface area contributed by atoms with Crippen molar-refractivity contribution in [3.8, 4) is 0 Å². The van der Waals surface area contributed by atoms with Gasteiger partial charge in [0, 0.05) is 13.3 Å². The Morgan fingerprint density at radius 1 is 0.960 bits per heavy atom. The minimum Gasteiger partial charge on any atom is -0.457 e. The molecule has 0 aliphatic rings. The first-order valence-corrected chi connectivity index (χ1v) is 8.68. The summed E-state index contributed by atoms with van der Waals surface area (Å²) in [5.74, 6) is -0.262. The van der Waals surface area contributed by atoms with Crippen molar-refractivity contribution in [2.75, 3.05) is 0 Å². The topological polar surface area (TPSA) is 35.5 Å². The third-order valence-corrected chi connectivity index (χ3v) is 3.84. The van der Waals surface area contributed by atoms with Crippen LogP contribution in [0.1, 0.15) is 43.9 Å². The van der Waals surface area contributed by atoms with Gasteiger partial charge in [-0.25, -0.2) is 0 Å². The summed E-state index contributed by atoms with van der Waals surface area (Å²) in [6.07, 6.45) is 5.54. The number of esters is 1.